The van der Waals surface area contributed by atoms with Gasteiger partial charge in [-0.15, -0.1) is 0 Å². The van der Waals surface area contributed by atoms with Crippen LogP contribution in [0.5, 0.6) is 11.5 Å². The minimum absolute atomic E-state index is 0.768. The molecule has 0 bridgehead atoms. The molecule has 1 aliphatic rings. The zero-order valence-electron chi connectivity index (χ0n) is 14.9. The summed E-state index contributed by atoms with van der Waals surface area (Å²) in [5.74, 6) is 1.89. The SMILES string of the molecule is CCCCOc1ccc(OCCCC)c(N2CCOCC2)c1.N#N. The summed E-state index contributed by atoms with van der Waals surface area (Å²) < 4.78 is 17.3. The van der Waals surface area contributed by atoms with E-state index in [1.165, 1.54) is 0 Å². The molecule has 6 heteroatoms. The molecule has 0 aliphatic carbocycles. The van der Waals surface area contributed by atoms with E-state index in [4.69, 9.17) is 25.0 Å². The molecular weight excluding hydrogens is 306 g/mol. The van der Waals surface area contributed by atoms with Crippen LogP contribution in [-0.4, -0.2) is 39.5 Å². The molecule has 0 radical (unpaired) electrons. The van der Waals surface area contributed by atoms with Gasteiger partial charge in [0.25, 0.3) is 0 Å². The Morgan fingerprint density at radius 2 is 1.62 bits per heavy atom. The molecule has 1 aromatic rings. The second kappa shape index (κ2) is 12.4. The molecule has 0 aromatic heterocycles. The second-order valence-corrected chi connectivity index (χ2v) is 5.63. The first kappa shape index (κ1) is 20.0. The maximum Gasteiger partial charge on any atom is 0.142 e. The van der Waals surface area contributed by atoms with Crippen molar-refractivity contribution >= 4 is 5.69 Å². The van der Waals surface area contributed by atoms with Gasteiger partial charge in [-0.1, -0.05) is 26.7 Å². The monoisotopic (exact) mass is 335 g/mol. The predicted octanol–water partition coefficient (Wildman–Crippen LogP) is 3.91. The van der Waals surface area contributed by atoms with Gasteiger partial charge in [0.1, 0.15) is 11.5 Å². The lowest BCUT2D eigenvalue weighted by atomic mass is 10.2. The van der Waals surface area contributed by atoms with Gasteiger partial charge in [-0.2, -0.15) is 0 Å². The fraction of sp³-hybridized carbons (Fsp3) is 0.667. The Balaban J connectivity index is 0.00000139. The summed E-state index contributed by atoms with van der Waals surface area (Å²) in [4.78, 5) is 2.33. The third kappa shape index (κ3) is 6.63. The molecule has 0 N–H and O–H groups in total. The normalized spacial score (nSPS) is 13.8. The molecule has 1 heterocycles. The molecule has 0 atom stereocenters. The van der Waals surface area contributed by atoms with Gasteiger partial charge < -0.3 is 19.1 Å². The molecule has 0 amide bonds. The lowest BCUT2D eigenvalue weighted by Crippen LogP contribution is -2.36. The van der Waals surface area contributed by atoms with Crippen molar-refractivity contribution in [2.75, 3.05) is 44.4 Å². The molecule has 0 spiro atoms. The topological polar surface area (TPSA) is 78.5 Å². The van der Waals surface area contributed by atoms with Gasteiger partial charge in [0.05, 0.1) is 32.1 Å². The van der Waals surface area contributed by atoms with Crippen molar-refractivity contribution < 1.29 is 14.2 Å². The van der Waals surface area contributed by atoms with E-state index in [0.29, 0.717) is 0 Å². The number of hydrogen-bond donors (Lipinski definition) is 0. The lowest BCUT2D eigenvalue weighted by molar-refractivity contribution is 0.122. The minimum atomic E-state index is 0.768. The summed E-state index contributed by atoms with van der Waals surface area (Å²) in [6, 6.07) is 6.17. The van der Waals surface area contributed by atoms with E-state index in [1.807, 2.05) is 12.1 Å². The van der Waals surface area contributed by atoms with Gasteiger partial charge in [0.15, 0.2) is 0 Å². The number of rotatable bonds is 9. The molecule has 6 nitrogen and oxygen atoms in total. The van der Waals surface area contributed by atoms with Crippen LogP contribution >= 0.6 is 0 Å². The number of ether oxygens (including phenoxy) is 3. The first-order valence-corrected chi connectivity index (χ1v) is 8.77. The maximum absolute atomic E-state index is 6.00. The van der Waals surface area contributed by atoms with E-state index in [-0.39, 0.29) is 0 Å². The standard InChI is InChI=1S/C18H29NO3.N2/c1-3-5-11-21-16-7-8-18(22-12-6-4-2)17(15-16)19-9-13-20-14-10-19;1-2/h7-8,15H,3-6,9-14H2,1-2H3;. The fourth-order valence-corrected chi connectivity index (χ4v) is 2.42. The van der Waals surface area contributed by atoms with E-state index in [0.717, 1.165) is 82.4 Å². The number of unbranched alkanes of at least 4 members (excludes halogenated alkanes) is 2. The van der Waals surface area contributed by atoms with Crippen molar-refractivity contribution in [3.05, 3.63) is 18.2 Å². The number of hydrogen-bond acceptors (Lipinski definition) is 6. The highest BCUT2D eigenvalue weighted by Crippen LogP contribution is 2.33. The third-order valence-electron chi connectivity index (χ3n) is 3.80. The first-order chi connectivity index (χ1) is 11.8. The predicted molar refractivity (Wildman–Crippen MR) is 93.7 cm³/mol. The average molecular weight is 335 g/mol. The molecule has 134 valence electrons. The van der Waals surface area contributed by atoms with Gasteiger partial charge in [0.2, 0.25) is 0 Å². The molecule has 1 aromatic carbocycles. The number of anilines is 1. The molecule has 0 saturated carbocycles. The number of benzene rings is 1. The van der Waals surface area contributed by atoms with Crippen LogP contribution < -0.4 is 14.4 Å². The molecule has 1 aliphatic heterocycles. The quantitative estimate of drug-likeness (QED) is 0.503. The highest BCUT2D eigenvalue weighted by atomic mass is 16.5. The minimum Gasteiger partial charge on any atom is -0.494 e. The van der Waals surface area contributed by atoms with Gasteiger partial charge in [-0.3, -0.25) is 0 Å². The zero-order valence-corrected chi connectivity index (χ0v) is 14.9. The van der Waals surface area contributed by atoms with Crippen molar-refractivity contribution in [2.24, 2.45) is 0 Å². The van der Waals surface area contributed by atoms with Crippen molar-refractivity contribution in [1.29, 1.82) is 10.8 Å². The summed E-state index contributed by atoms with van der Waals surface area (Å²) in [7, 11) is 0. The van der Waals surface area contributed by atoms with Crippen molar-refractivity contribution in [2.45, 2.75) is 39.5 Å². The highest BCUT2D eigenvalue weighted by Gasteiger charge is 2.16. The zero-order chi connectivity index (χ0) is 17.6. The Labute approximate surface area is 145 Å². The van der Waals surface area contributed by atoms with E-state index in [1.54, 1.807) is 0 Å². The maximum atomic E-state index is 6.00. The van der Waals surface area contributed by atoms with Crippen LogP contribution in [0.2, 0.25) is 0 Å². The van der Waals surface area contributed by atoms with E-state index in [2.05, 4.69) is 24.8 Å². The van der Waals surface area contributed by atoms with E-state index >= 15 is 0 Å². The van der Waals surface area contributed by atoms with Gasteiger partial charge in [0, 0.05) is 29.9 Å². The van der Waals surface area contributed by atoms with Crippen molar-refractivity contribution in [3.8, 4) is 11.5 Å². The smallest absolute Gasteiger partial charge is 0.142 e. The first-order valence-electron chi connectivity index (χ1n) is 8.77. The molecule has 1 saturated heterocycles. The van der Waals surface area contributed by atoms with Crippen molar-refractivity contribution in [1.82, 2.24) is 0 Å². The Kier molecular flexibility index (Phi) is 10.4. The van der Waals surface area contributed by atoms with Crippen LogP contribution in [0.3, 0.4) is 0 Å². The van der Waals surface area contributed by atoms with E-state index in [9.17, 15) is 0 Å². The number of nitrogens with zero attached hydrogens (tertiary/aromatic N) is 3. The van der Waals surface area contributed by atoms with Crippen LogP contribution in [0, 0.1) is 10.8 Å². The Hall–Kier alpha value is -2.00. The van der Waals surface area contributed by atoms with Gasteiger partial charge >= 0.3 is 0 Å². The summed E-state index contributed by atoms with van der Waals surface area (Å²) in [5, 5.41) is 12.0. The number of morpholine rings is 1. The van der Waals surface area contributed by atoms with Gasteiger partial charge in [-0.05, 0) is 25.0 Å². The summed E-state index contributed by atoms with van der Waals surface area (Å²) >= 11 is 0. The Morgan fingerprint density at radius 1 is 1.00 bits per heavy atom. The van der Waals surface area contributed by atoms with Crippen LogP contribution in [-0.2, 0) is 4.74 Å². The molecule has 24 heavy (non-hydrogen) atoms. The average Bonchev–Trinajstić information content (AvgIpc) is 2.65. The fourth-order valence-electron chi connectivity index (χ4n) is 2.42. The third-order valence-corrected chi connectivity index (χ3v) is 3.80. The summed E-state index contributed by atoms with van der Waals surface area (Å²) in [6.45, 7) is 9.25. The van der Waals surface area contributed by atoms with E-state index < -0.39 is 0 Å². The largest absolute Gasteiger partial charge is 0.494 e. The van der Waals surface area contributed by atoms with Crippen molar-refractivity contribution in [3.63, 3.8) is 0 Å². The van der Waals surface area contributed by atoms with Crippen LogP contribution in [0.4, 0.5) is 5.69 Å². The summed E-state index contributed by atoms with van der Waals surface area (Å²) in [5.41, 5.74) is 1.13. The molecule has 1 fully saturated rings. The summed E-state index contributed by atoms with van der Waals surface area (Å²) in [6.07, 6.45) is 4.46. The molecular formula is C18H29N3O3. The van der Waals surface area contributed by atoms with Crippen LogP contribution in [0.25, 0.3) is 0 Å². The Bertz CT molecular complexity index is 474. The van der Waals surface area contributed by atoms with Gasteiger partial charge in [-0.25, -0.2) is 0 Å². The molecule has 2 rings (SSSR count). The lowest BCUT2D eigenvalue weighted by Gasteiger charge is -2.30. The van der Waals surface area contributed by atoms with Crippen LogP contribution in [0.15, 0.2) is 18.2 Å². The molecule has 0 unspecified atom stereocenters. The van der Waals surface area contributed by atoms with Crippen LogP contribution in [0.1, 0.15) is 39.5 Å². The highest BCUT2D eigenvalue weighted by molar-refractivity contribution is 5.62. The Morgan fingerprint density at radius 3 is 2.25 bits per heavy atom. The second-order valence-electron chi connectivity index (χ2n) is 5.63.